The molecule has 0 bridgehead atoms. The third-order valence-corrected chi connectivity index (χ3v) is 6.22. The Labute approximate surface area is 187 Å². The largest absolute Gasteiger partial charge is 0.321 e. The number of nitrogens with zero attached hydrogens (tertiary/aromatic N) is 3. The number of rotatable bonds is 5. The van der Waals surface area contributed by atoms with Gasteiger partial charge < -0.3 is 5.32 Å². The number of H-pyrrole nitrogens is 1. The lowest BCUT2D eigenvalue weighted by Crippen LogP contribution is -2.32. The van der Waals surface area contributed by atoms with Crippen LogP contribution in [0.5, 0.6) is 0 Å². The molecule has 2 aromatic heterocycles. The molecular weight excluding hydrogens is 398 g/mol. The minimum Gasteiger partial charge on any atom is -0.321 e. The highest BCUT2D eigenvalue weighted by Gasteiger charge is 2.17. The highest BCUT2D eigenvalue weighted by molar-refractivity contribution is 6.11. The molecule has 4 aromatic rings. The Hall–Kier alpha value is -3.51. The maximum atomic E-state index is 12.8. The van der Waals surface area contributed by atoms with Gasteiger partial charge in [0.25, 0.3) is 5.91 Å². The Morgan fingerprint density at radius 1 is 1.06 bits per heavy atom. The van der Waals surface area contributed by atoms with E-state index in [0.29, 0.717) is 5.69 Å². The molecule has 1 amide bonds. The first kappa shape index (κ1) is 20.4. The number of anilines is 1. The van der Waals surface area contributed by atoms with Gasteiger partial charge in [0.2, 0.25) is 0 Å². The van der Waals surface area contributed by atoms with E-state index in [0.717, 1.165) is 53.3 Å². The molecular formula is C26H27N5O. The second kappa shape index (κ2) is 8.93. The Morgan fingerprint density at radius 3 is 2.69 bits per heavy atom. The quantitative estimate of drug-likeness (QED) is 0.466. The van der Waals surface area contributed by atoms with Gasteiger partial charge in [-0.15, -0.1) is 0 Å². The Kier molecular flexibility index (Phi) is 5.69. The fraction of sp³-hybridized carbons (Fsp3) is 0.269. The number of hydrogen-bond acceptors (Lipinski definition) is 4. The molecule has 5 rings (SSSR count). The number of para-hydroxylation sites is 1. The normalized spacial score (nSPS) is 15.2. The molecule has 0 saturated carbocycles. The fourth-order valence-electron chi connectivity index (χ4n) is 4.29. The topological polar surface area (TPSA) is 73.9 Å². The predicted octanol–water partition coefficient (Wildman–Crippen LogP) is 5.11. The highest BCUT2D eigenvalue weighted by Crippen LogP contribution is 2.27. The van der Waals surface area contributed by atoms with Gasteiger partial charge in [-0.05, 0) is 73.3 Å². The lowest BCUT2D eigenvalue weighted by molar-refractivity contribution is 0.102. The summed E-state index contributed by atoms with van der Waals surface area (Å²) in [5.41, 5.74) is 5.25. The number of hydrogen-bond donors (Lipinski definition) is 2. The molecule has 3 heterocycles. The van der Waals surface area contributed by atoms with Gasteiger partial charge >= 0.3 is 0 Å². The van der Waals surface area contributed by atoms with Gasteiger partial charge in [0.05, 0.1) is 5.52 Å². The molecule has 32 heavy (non-hydrogen) atoms. The lowest BCUT2D eigenvalue weighted by atomic mass is 9.98. The number of aromatic amines is 1. The fourth-order valence-corrected chi connectivity index (χ4v) is 4.29. The first-order valence-electron chi connectivity index (χ1n) is 11.2. The molecule has 6 nitrogen and oxygen atoms in total. The van der Waals surface area contributed by atoms with Crippen LogP contribution in [-0.4, -0.2) is 39.1 Å². The summed E-state index contributed by atoms with van der Waals surface area (Å²) in [7, 11) is 0. The van der Waals surface area contributed by atoms with E-state index in [4.69, 9.17) is 0 Å². The van der Waals surface area contributed by atoms with Gasteiger partial charge in [0.1, 0.15) is 0 Å². The van der Waals surface area contributed by atoms with Crippen LogP contribution >= 0.6 is 0 Å². The smallest absolute Gasteiger partial charge is 0.276 e. The van der Waals surface area contributed by atoms with E-state index < -0.39 is 0 Å². The molecule has 1 aliphatic heterocycles. The Morgan fingerprint density at radius 2 is 1.88 bits per heavy atom. The van der Waals surface area contributed by atoms with Gasteiger partial charge in [-0.25, -0.2) is 0 Å². The molecule has 1 aliphatic rings. The van der Waals surface area contributed by atoms with Gasteiger partial charge in [-0.1, -0.05) is 31.2 Å². The van der Waals surface area contributed by atoms with Crippen LogP contribution in [0.4, 0.5) is 5.69 Å². The van der Waals surface area contributed by atoms with Crippen LogP contribution in [-0.2, 0) is 6.54 Å². The SMILES string of the molecule is CC1CCN(Cc2cncc(-c3ccc4[nH]nc(C(=O)Nc5ccccc5)c4c3)c2)CC1. The van der Waals surface area contributed by atoms with Crippen molar-refractivity contribution in [2.45, 2.75) is 26.3 Å². The molecule has 0 spiro atoms. The number of carbonyl (C=O) groups is 1. The van der Waals surface area contributed by atoms with Crippen LogP contribution in [0.1, 0.15) is 35.8 Å². The highest BCUT2D eigenvalue weighted by atomic mass is 16.1. The minimum absolute atomic E-state index is 0.231. The van der Waals surface area contributed by atoms with Crippen molar-refractivity contribution in [2.75, 3.05) is 18.4 Å². The van der Waals surface area contributed by atoms with Crippen LogP contribution in [0, 0.1) is 5.92 Å². The zero-order valence-corrected chi connectivity index (χ0v) is 18.2. The number of benzene rings is 2. The van der Waals surface area contributed by atoms with Crippen molar-refractivity contribution in [2.24, 2.45) is 5.92 Å². The van der Waals surface area contributed by atoms with Gasteiger partial charge in [0.15, 0.2) is 5.69 Å². The molecule has 162 valence electrons. The molecule has 1 saturated heterocycles. The summed E-state index contributed by atoms with van der Waals surface area (Å²) < 4.78 is 0. The summed E-state index contributed by atoms with van der Waals surface area (Å²) in [6, 6.07) is 17.6. The number of likely N-dealkylation sites (tertiary alicyclic amines) is 1. The van der Waals surface area contributed by atoms with Crippen LogP contribution in [0.15, 0.2) is 67.0 Å². The molecule has 1 fully saturated rings. The number of carbonyl (C=O) groups excluding carboxylic acids is 1. The molecule has 2 aromatic carbocycles. The average Bonchev–Trinajstić information content (AvgIpc) is 3.25. The summed E-state index contributed by atoms with van der Waals surface area (Å²) in [5.74, 6) is 0.594. The molecule has 0 atom stereocenters. The van der Waals surface area contributed by atoms with Crippen molar-refractivity contribution in [1.29, 1.82) is 0 Å². The van der Waals surface area contributed by atoms with Crippen molar-refractivity contribution >= 4 is 22.5 Å². The monoisotopic (exact) mass is 425 g/mol. The maximum Gasteiger partial charge on any atom is 0.276 e. The number of pyridine rings is 1. The molecule has 6 heteroatoms. The van der Waals surface area contributed by atoms with Crippen LogP contribution in [0.2, 0.25) is 0 Å². The summed E-state index contributed by atoms with van der Waals surface area (Å²) in [5, 5.41) is 10.9. The summed E-state index contributed by atoms with van der Waals surface area (Å²) >= 11 is 0. The van der Waals surface area contributed by atoms with Crippen molar-refractivity contribution in [1.82, 2.24) is 20.1 Å². The van der Waals surface area contributed by atoms with Crippen molar-refractivity contribution in [3.05, 3.63) is 78.2 Å². The van der Waals surface area contributed by atoms with Crippen molar-refractivity contribution < 1.29 is 4.79 Å². The first-order chi connectivity index (χ1) is 15.7. The van der Waals surface area contributed by atoms with E-state index in [9.17, 15) is 4.79 Å². The number of fused-ring (bicyclic) bond motifs is 1. The maximum absolute atomic E-state index is 12.8. The molecule has 0 unspecified atom stereocenters. The zero-order chi connectivity index (χ0) is 21.9. The molecule has 0 radical (unpaired) electrons. The van der Waals surface area contributed by atoms with Crippen molar-refractivity contribution in [3.8, 4) is 11.1 Å². The van der Waals surface area contributed by atoms with E-state index in [-0.39, 0.29) is 5.91 Å². The molecule has 2 N–H and O–H groups in total. The summed E-state index contributed by atoms with van der Waals surface area (Å²) in [6.07, 6.45) is 6.36. The summed E-state index contributed by atoms with van der Waals surface area (Å²) in [4.78, 5) is 19.8. The molecule has 0 aliphatic carbocycles. The number of amides is 1. The van der Waals surface area contributed by atoms with E-state index in [1.807, 2.05) is 60.9 Å². The lowest BCUT2D eigenvalue weighted by Gasteiger charge is -2.30. The van der Waals surface area contributed by atoms with E-state index >= 15 is 0 Å². The Balaban J connectivity index is 1.39. The zero-order valence-electron chi connectivity index (χ0n) is 18.2. The van der Waals surface area contributed by atoms with Crippen LogP contribution in [0.3, 0.4) is 0 Å². The van der Waals surface area contributed by atoms with E-state index in [2.05, 4.69) is 38.4 Å². The standard InChI is InChI=1S/C26H27N5O/c1-18-9-11-31(12-10-18)17-19-13-21(16-27-15-19)20-7-8-24-23(14-20)25(30-29-24)26(32)28-22-5-3-2-4-6-22/h2-8,13-16,18H,9-12,17H2,1H3,(H,28,32)(H,29,30). The predicted molar refractivity (Wildman–Crippen MR) is 127 cm³/mol. The number of piperidine rings is 1. The second-order valence-electron chi connectivity index (χ2n) is 8.69. The Bertz CT molecular complexity index is 1230. The van der Waals surface area contributed by atoms with E-state index in [1.54, 1.807) is 0 Å². The minimum atomic E-state index is -0.231. The van der Waals surface area contributed by atoms with Crippen LogP contribution < -0.4 is 5.32 Å². The van der Waals surface area contributed by atoms with Gasteiger partial charge in [0, 0.05) is 35.6 Å². The third kappa shape index (κ3) is 4.41. The number of aromatic nitrogens is 3. The average molecular weight is 426 g/mol. The second-order valence-corrected chi connectivity index (χ2v) is 8.69. The van der Waals surface area contributed by atoms with Gasteiger partial charge in [-0.3, -0.25) is 19.8 Å². The van der Waals surface area contributed by atoms with E-state index in [1.165, 1.54) is 18.4 Å². The van der Waals surface area contributed by atoms with Crippen molar-refractivity contribution in [3.63, 3.8) is 0 Å². The third-order valence-electron chi connectivity index (χ3n) is 6.22. The summed E-state index contributed by atoms with van der Waals surface area (Å²) in [6.45, 7) is 5.55. The first-order valence-corrected chi connectivity index (χ1v) is 11.2. The van der Waals surface area contributed by atoms with Crippen LogP contribution in [0.25, 0.3) is 22.0 Å². The number of nitrogens with one attached hydrogen (secondary N) is 2. The van der Waals surface area contributed by atoms with Gasteiger partial charge in [-0.2, -0.15) is 5.10 Å².